The molecule has 3 heterocycles. The van der Waals surface area contributed by atoms with Crippen molar-refractivity contribution in [3.05, 3.63) is 64.5 Å². The lowest BCUT2D eigenvalue weighted by Gasteiger charge is -2.23. The standard InChI is InChI=1S/C10H7Cl2N3O.C8H6N2.ClH/c11-6-1-2-7-5(9(6)12)3-15-4-8(16)14-10(15)13-7;1-2-4-8-7(3-1)5-9-6-10-8;/h1-2H,3-4H2,(H,13,14,16);1-6H;1H. The van der Waals surface area contributed by atoms with E-state index in [0.29, 0.717) is 29.1 Å². The Labute approximate surface area is 171 Å². The van der Waals surface area contributed by atoms with Gasteiger partial charge in [-0.05, 0) is 18.2 Å². The van der Waals surface area contributed by atoms with Crippen LogP contribution in [0.2, 0.25) is 10.0 Å². The van der Waals surface area contributed by atoms with Crippen molar-refractivity contribution >= 4 is 64.1 Å². The minimum atomic E-state index is -0.0474. The second-order valence-electron chi connectivity index (χ2n) is 5.78. The number of aromatic nitrogens is 2. The van der Waals surface area contributed by atoms with Gasteiger partial charge in [0, 0.05) is 17.1 Å². The van der Waals surface area contributed by atoms with Gasteiger partial charge in [-0.25, -0.2) is 15.0 Å². The van der Waals surface area contributed by atoms with Crippen molar-refractivity contribution in [3.8, 4) is 0 Å². The molecule has 2 aliphatic heterocycles. The van der Waals surface area contributed by atoms with Gasteiger partial charge in [0.2, 0.25) is 11.9 Å². The number of aliphatic imine (C=N–C) groups is 1. The number of amides is 1. The molecule has 2 aromatic carbocycles. The molecule has 0 atom stereocenters. The van der Waals surface area contributed by atoms with Crippen molar-refractivity contribution in [2.45, 2.75) is 6.54 Å². The Morgan fingerprint density at radius 3 is 2.70 bits per heavy atom. The highest BCUT2D eigenvalue weighted by Gasteiger charge is 2.30. The molecule has 1 aromatic heterocycles. The minimum absolute atomic E-state index is 0. The third kappa shape index (κ3) is 3.98. The van der Waals surface area contributed by atoms with E-state index in [-0.39, 0.29) is 18.3 Å². The van der Waals surface area contributed by atoms with E-state index in [1.807, 2.05) is 35.4 Å². The first-order chi connectivity index (χ1) is 12.6. The maximum absolute atomic E-state index is 11.2. The molecule has 1 saturated heterocycles. The fraction of sp³-hybridized carbons (Fsp3) is 0.111. The highest BCUT2D eigenvalue weighted by atomic mass is 35.5. The Balaban J connectivity index is 0.000000166. The first kappa shape index (κ1) is 19.4. The van der Waals surface area contributed by atoms with E-state index < -0.39 is 0 Å². The fourth-order valence-electron chi connectivity index (χ4n) is 2.79. The lowest BCUT2D eigenvalue weighted by Crippen LogP contribution is -2.32. The Morgan fingerprint density at radius 1 is 1.07 bits per heavy atom. The number of rotatable bonds is 0. The second kappa shape index (κ2) is 8.08. The third-order valence-electron chi connectivity index (χ3n) is 4.05. The fourth-order valence-corrected chi connectivity index (χ4v) is 3.18. The first-order valence-electron chi connectivity index (χ1n) is 7.87. The van der Waals surface area contributed by atoms with Crippen LogP contribution < -0.4 is 5.32 Å². The van der Waals surface area contributed by atoms with Crippen LogP contribution in [0.25, 0.3) is 10.9 Å². The van der Waals surface area contributed by atoms with Gasteiger partial charge in [0.15, 0.2) is 0 Å². The second-order valence-corrected chi connectivity index (χ2v) is 6.57. The molecule has 1 amide bonds. The predicted molar refractivity (Wildman–Crippen MR) is 109 cm³/mol. The quantitative estimate of drug-likeness (QED) is 0.595. The predicted octanol–water partition coefficient (Wildman–Crippen LogP) is 3.98. The first-order valence-corrected chi connectivity index (χ1v) is 8.62. The van der Waals surface area contributed by atoms with Crippen molar-refractivity contribution < 1.29 is 4.79 Å². The monoisotopic (exact) mass is 421 g/mol. The summed E-state index contributed by atoms with van der Waals surface area (Å²) in [5, 5.41) is 4.81. The molecule has 9 heteroatoms. The van der Waals surface area contributed by atoms with Crippen LogP contribution in [0.5, 0.6) is 0 Å². The Bertz CT molecular complexity index is 975. The number of carbonyl (C=O) groups is 1. The van der Waals surface area contributed by atoms with Crippen molar-refractivity contribution in [2.75, 3.05) is 6.54 Å². The maximum atomic E-state index is 11.2. The van der Waals surface area contributed by atoms with Crippen LogP contribution in [0.4, 0.5) is 5.69 Å². The summed E-state index contributed by atoms with van der Waals surface area (Å²) in [4.78, 5) is 25.4. The summed E-state index contributed by atoms with van der Waals surface area (Å²) >= 11 is 12.0. The summed E-state index contributed by atoms with van der Waals surface area (Å²) in [6.45, 7) is 0.882. The molecular formula is C18H14Cl3N5O. The molecule has 138 valence electrons. The number of hydrogen-bond donors (Lipinski definition) is 1. The molecule has 0 saturated carbocycles. The normalized spacial score (nSPS) is 14.2. The number of halogens is 3. The lowest BCUT2D eigenvalue weighted by atomic mass is 10.1. The largest absolute Gasteiger partial charge is 0.329 e. The zero-order chi connectivity index (χ0) is 18.1. The molecule has 0 spiro atoms. The maximum Gasteiger partial charge on any atom is 0.246 e. The van der Waals surface area contributed by atoms with Gasteiger partial charge in [-0.3, -0.25) is 10.1 Å². The summed E-state index contributed by atoms with van der Waals surface area (Å²) in [6, 6.07) is 11.4. The molecule has 2 aliphatic rings. The number of carbonyl (C=O) groups excluding carboxylic acids is 1. The Kier molecular flexibility index (Phi) is 5.79. The van der Waals surface area contributed by atoms with Crippen LogP contribution in [-0.2, 0) is 11.3 Å². The van der Waals surface area contributed by atoms with Gasteiger partial charge in [-0.2, -0.15) is 0 Å². The van der Waals surface area contributed by atoms with E-state index in [0.717, 1.165) is 22.2 Å². The van der Waals surface area contributed by atoms with Crippen molar-refractivity contribution in [3.63, 3.8) is 0 Å². The van der Waals surface area contributed by atoms with Crippen LogP contribution in [0.3, 0.4) is 0 Å². The highest BCUT2D eigenvalue weighted by molar-refractivity contribution is 6.42. The van der Waals surface area contributed by atoms with Crippen LogP contribution in [-0.4, -0.2) is 33.3 Å². The number of nitrogens with one attached hydrogen (secondary N) is 1. The van der Waals surface area contributed by atoms with Gasteiger partial charge in [0.25, 0.3) is 0 Å². The van der Waals surface area contributed by atoms with Crippen LogP contribution >= 0.6 is 35.6 Å². The molecule has 1 fully saturated rings. The summed E-state index contributed by atoms with van der Waals surface area (Å²) in [7, 11) is 0. The summed E-state index contributed by atoms with van der Waals surface area (Å²) < 4.78 is 0. The average Bonchev–Trinajstić information content (AvgIpc) is 3.03. The Hall–Kier alpha value is -2.41. The van der Waals surface area contributed by atoms with E-state index in [4.69, 9.17) is 23.2 Å². The molecule has 1 N–H and O–H groups in total. The molecule has 0 unspecified atom stereocenters. The van der Waals surface area contributed by atoms with Crippen LogP contribution in [0.1, 0.15) is 5.56 Å². The van der Waals surface area contributed by atoms with Crippen molar-refractivity contribution in [1.29, 1.82) is 0 Å². The number of hydrogen-bond acceptors (Lipinski definition) is 5. The van der Waals surface area contributed by atoms with Gasteiger partial charge in [-0.1, -0.05) is 41.4 Å². The molecule has 6 nitrogen and oxygen atoms in total. The van der Waals surface area contributed by atoms with Crippen LogP contribution in [0, 0.1) is 0 Å². The average molecular weight is 423 g/mol. The molecule has 0 bridgehead atoms. The van der Waals surface area contributed by atoms with Gasteiger partial charge in [0.05, 0.1) is 27.8 Å². The number of para-hydroxylation sites is 1. The van der Waals surface area contributed by atoms with Gasteiger partial charge in [-0.15, -0.1) is 12.4 Å². The number of fused-ring (bicyclic) bond motifs is 3. The number of guanidine groups is 1. The van der Waals surface area contributed by atoms with Crippen molar-refractivity contribution in [1.82, 2.24) is 20.2 Å². The van der Waals surface area contributed by atoms with Gasteiger partial charge < -0.3 is 4.90 Å². The van der Waals surface area contributed by atoms with E-state index in [1.54, 1.807) is 18.5 Å². The number of benzene rings is 2. The lowest BCUT2D eigenvalue weighted by molar-refractivity contribution is -0.118. The molecular weight excluding hydrogens is 409 g/mol. The topological polar surface area (TPSA) is 70.5 Å². The molecule has 3 aromatic rings. The molecule has 0 aliphatic carbocycles. The van der Waals surface area contributed by atoms with E-state index in [1.165, 1.54) is 0 Å². The van der Waals surface area contributed by atoms with Crippen molar-refractivity contribution in [2.24, 2.45) is 4.99 Å². The molecule has 0 radical (unpaired) electrons. The van der Waals surface area contributed by atoms with E-state index >= 15 is 0 Å². The zero-order valence-electron chi connectivity index (χ0n) is 13.9. The van der Waals surface area contributed by atoms with E-state index in [2.05, 4.69) is 20.3 Å². The van der Waals surface area contributed by atoms with Crippen LogP contribution in [0.15, 0.2) is 53.9 Å². The van der Waals surface area contributed by atoms with E-state index in [9.17, 15) is 4.79 Å². The summed E-state index contributed by atoms with van der Waals surface area (Å²) in [5.41, 5.74) is 2.63. The number of nitrogens with zero attached hydrogens (tertiary/aromatic N) is 4. The SMILES string of the molecule is Cl.O=C1CN2Cc3c(ccc(Cl)c3Cl)N=C2N1.c1ccc2ncncc2c1. The highest BCUT2D eigenvalue weighted by Crippen LogP contribution is 2.36. The minimum Gasteiger partial charge on any atom is -0.329 e. The third-order valence-corrected chi connectivity index (χ3v) is 4.89. The smallest absolute Gasteiger partial charge is 0.246 e. The van der Waals surface area contributed by atoms with Gasteiger partial charge in [0.1, 0.15) is 12.9 Å². The zero-order valence-corrected chi connectivity index (χ0v) is 16.2. The molecule has 27 heavy (non-hydrogen) atoms. The van der Waals surface area contributed by atoms with Gasteiger partial charge >= 0.3 is 0 Å². The summed E-state index contributed by atoms with van der Waals surface area (Å²) in [6.07, 6.45) is 3.37. The Morgan fingerprint density at radius 2 is 1.89 bits per heavy atom. The summed E-state index contributed by atoms with van der Waals surface area (Å²) in [5.74, 6) is 0.546. The molecule has 5 rings (SSSR count).